The summed E-state index contributed by atoms with van der Waals surface area (Å²) in [5.41, 5.74) is 2.25. The van der Waals surface area contributed by atoms with Crippen LogP contribution in [0.25, 0.3) is 0 Å². The Hall–Kier alpha value is -2.50. The first-order valence-corrected chi connectivity index (χ1v) is 9.10. The molecule has 0 spiro atoms. The molecule has 4 nitrogen and oxygen atoms in total. The van der Waals surface area contributed by atoms with E-state index >= 15 is 0 Å². The highest BCUT2D eigenvalue weighted by Crippen LogP contribution is 2.22. The summed E-state index contributed by atoms with van der Waals surface area (Å²) >= 11 is 5.85. The summed E-state index contributed by atoms with van der Waals surface area (Å²) in [7, 11) is -3.57. The van der Waals surface area contributed by atoms with Crippen LogP contribution in [0.15, 0.2) is 83.8 Å². The third-order valence-corrected chi connectivity index (χ3v) is 4.97. The number of benzene rings is 3. The molecule has 0 atom stereocenters. The largest absolute Gasteiger partial charge is 0.356 e. The lowest BCUT2D eigenvalue weighted by Gasteiger charge is -2.10. The van der Waals surface area contributed by atoms with Crippen molar-refractivity contribution < 1.29 is 8.42 Å². The molecule has 2 N–H and O–H groups in total. The summed E-state index contributed by atoms with van der Waals surface area (Å²) in [4.78, 5) is 0.230. The van der Waals surface area contributed by atoms with E-state index in [0.29, 0.717) is 10.7 Å². The van der Waals surface area contributed by atoms with E-state index in [9.17, 15) is 8.42 Å². The minimum atomic E-state index is -3.57. The molecule has 0 aliphatic heterocycles. The fraction of sp³-hybridized carbons (Fsp3) is 0. The maximum absolute atomic E-state index is 12.3. The molecule has 0 heterocycles. The third kappa shape index (κ3) is 4.07. The number of nitrogens with one attached hydrogen (secondary N) is 2. The van der Waals surface area contributed by atoms with E-state index < -0.39 is 10.0 Å². The molecule has 0 aromatic heterocycles. The molecule has 0 bridgehead atoms. The van der Waals surface area contributed by atoms with Crippen LogP contribution in [0.2, 0.25) is 5.02 Å². The molecule has 3 aromatic rings. The molecule has 3 rings (SSSR count). The third-order valence-electron chi connectivity index (χ3n) is 3.32. The van der Waals surface area contributed by atoms with Crippen molar-refractivity contribution in [3.8, 4) is 0 Å². The van der Waals surface area contributed by atoms with E-state index in [-0.39, 0.29) is 4.90 Å². The lowest BCUT2D eigenvalue weighted by Crippen LogP contribution is -2.12. The fourth-order valence-corrected chi connectivity index (χ4v) is 3.34. The van der Waals surface area contributed by atoms with Crippen molar-refractivity contribution in [3.05, 3.63) is 83.9 Å². The molecule has 0 amide bonds. The molecule has 0 saturated heterocycles. The topological polar surface area (TPSA) is 58.2 Å². The highest BCUT2D eigenvalue weighted by atomic mass is 35.5. The van der Waals surface area contributed by atoms with Crippen molar-refractivity contribution >= 4 is 38.7 Å². The summed E-state index contributed by atoms with van der Waals surface area (Å²) < 4.78 is 27.1. The molecule has 0 unspecified atom stereocenters. The van der Waals surface area contributed by atoms with Crippen molar-refractivity contribution in [3.63, 3.8) is 0 Å². The van der Waals surface area contributed by atoms with Crippen molar-refractivity contribution in [2.24, 2.45) is 0 Å². The summed E-state index contributed by atoms with van der Waals surface area (Å²) in [6.07, 6.45) is 0. The van der Waals surface area contributed by atoms with Crippen LogP contribution in [-0.2, 0) is 10.0 Å². The lowest BCUT2D eigenvalue weighted by molar-refractivity contribution is 0.601. The monoisotopic (exact) mass is 358 g/mol. The SMILES string of the molecule is O=S(=O)(Nc1ccc(Nc2ccc(Cl)cc2)cc1)c1ccccc1. The molecule has 0 radical (unpaired) electrons. The first-order chi connectivity index (χ1) is 11.5. The normalized spacial score (nSPS) is 11.0. The van der Waals surface area contributed by atoms with E-state index in [4.69, 9.17) is 11.6 Å². The van der Waals surface area contributed by atoms with Gasteiger partial charge in [0.25, 0.3) is 10.0 Å². The van der Waals surface area contributed by atoms with Crippen LogP contribution in [0.4, 0.5) is 17.1 Å². The Morgan fingerprint density at radius 3 is 1.75 bits per heavy atom. The number of rotatable bonds is 5. The van der Waals surface area contributed by atoms with Crippen LogP contribution in [-0.4, -0.2) is 8.42 Å². The smallest absolute Gasteiger partial charge is 0.261 e. The van der Waals surface area contributed by atoms with Gasteiger partial charge in [0.1, 0.15) is 0 Å². The van der Waals surface area contributed by atoms with Crippen molar-refractivity contribution in [2.45, 2.75) is 4.90 Å². The molecule has 3 aromatic carbocycles. The van der Waals surface area contributed by atoms with Crippen LogP contribution in [0.5, 0.6) is 0 Å². The van der Waals surface area contributed by atoms with Gasteiger partial charge in [-0.05, 0) is 60.7 Å². The second-order valence-corrected chi connectivity index (χ2v) is 7.25. The Morgan fingerprint density at radius 1 is 0.667 bits per heavy atom. The van der Waals surface area contributed by atoms with Crippen LogP contribution in [0.3, 0.4) is 0 Å². The first-order valence-electron chi connectivity index (χ1n) is 7.23. The maximum atomic E-state index is 12.3. The molecular formula is C18H15ClN2O2S. The average molecular weight is 359 g/mol. The van der Waals surface area contributed by atoms with Gasteiger partial charge in [0.05, 0.1) is 4.90 Å². The Balaban J connectivity index is 1.72. The van der Waals surface area contributed by atoms with Gasteiger partial charge in [0, 0.05) is 22.1 Å². The van der Waals surface area contributed by atoms with Gasteiger partial charge in [-0.1, -0.05) is 29.8 Å². The van der Waals surface area contributed by atoms with E-state index in [1.807, 2.05) is 12.1 Å². The lowest BCUT2D eigenvalue weighted by atomic mass is 10.2. The Kier molecular flexibility index (Phi) is 4.74. The maximum Gasteiger partial charge on any atom is 0.261 e. The number of hydrogen-bond acceptors (Lipinski definition) is 3. The second kappa shape index (κ2) is 6.95. The van der Waals surface area contributed by atoms with Crippen LogP contribution in [0, 0.1) is 0 Å². The highest BCUT2D eigenvalue weighted by Gasteiger charge is 2.13. The van der Waals surface area contributed by atoms with Gasteiger partial charge in [-0.3, -0.25) is 4.72 Å². The summed E-state index contributed by atoms with van der Waals surface area (Å²) in [5, 5.41) is 3.89. The molecule has 122 valence electrons. The minimum absolute atomic E-state index is 0.230. The van der Waals surface area contributed by atoms with Crippen LogP contribution < -0.4 is 10.0 Å². The molecule has 0 saturated carbocycles. The highest BCUT2D eigenvalue weighted by molar-refractivity contribution is 7.92. The fourth-order valence-electron chi connectivity index (χ4n) is 2.14. The quantitative estimate of drug-likeness (QED) is 0.683. The van der Waals surface area contributed by atoms with Crippen molar-refractivity contribution in [1.82, 2.24) is 0 Å². The summed E-state index contributed by atoms with van der Waals surface area (Å²) in [6.45, 7) is 0. The van der Waals surface area contributed by atoms with Crippen LogP contribution in [0.1, 0.15) is 0 Å². The van der Waals surface area contributed by atoms with Gasteiger partial charge < -0.3 is 5.32 Å². The molecule has 0 aliphatic carbocycles. The molecule has 0 aliphatic rings. The minimum Gasteiger partial charge on any atom is -0.356 e. The van der Waals surface area contributed by atoms with E-state index in [0.717, 1.165) is 11.4 Å². The Bertz CT molecular complexity index is 909. The molecule has 24 heavy (non-hydrogen) atoms. The van der Waals surface area contributed by atoms with E-state index in [1.165, 1.54) is 0 Å². The first kappa shape index (κ1) is 16.4. The van der Waals surface area contributed by atoms with Gasteiger partial charge in [0.2, 0.25) is 0 Å². The Labute approximate surface area is 146 Å². The summed E-state index contributed by atoms with van der Waals surface area (Å²) in [5.74, 6) is 0. The standard InChI is InChI=1S/C18H15ClN2O2S/c19-14-6-8-15(9-7-14)20-16-10-12-17(13-11-16)21-24(22,23)18-4-2-1-3-5-18/h1-13,20-21H. The van der Waals surface area contributed by atoms with Gasteiger partial charge in [0.15, 0.2) is 0 Å². The Morgan fingerprint density at radius 2 is 1.17 bits per heavy atom. The predicted octanol–water partition coefficient (Wildman–Crippen LogP) is 4.88. The van der Waals surface area contributed by atoms with E-state index in [2.05, 4.69) is 10.0 Å². The summed E-state index contributed by atoms with van der Waals surface area (Å²) in [6, 6.07) is 22.6. The average Bonchev–Trinajstić information content (AvgIpc) is 2.59. The zero-order valence-electron chi connectivity index (χ0n) is 12.6. The molecule has 0 fully saturated rings. The van der Waals surface area contributed by atoms with Gasteiger partial charge in [-0.2, -0.15) is 0 Å². The number of anilines is 3. The molecule has 6 heteroatoms. The van der Waals surface area contributed by atoms with Gasteiger partial charge in [-0.15, -0.1) is 0 Å². The molecular weight excluding hydrogens is 344 g/mol. The van der Waals surface area contributed by atoms with Crippen molar-refractivity contribution in [2.75, 3.05) is 10.0 Å². The zero-order valence-corrected chi connectivity index (χ0v) is 14.2. The van der Waals surface area contributed by atoms with Gasteiger partial charge in [-0.25, -0.2) is 8.42 Å². The van der Waals surface area contributed by atoms with Crippen LogP contribution >= 0.6 is 11.6 Å². The van der Waals surface area contributed by atoms with E-state index in [1.54, 1.807) is 66.7 Å². The van der Waals surface area contributed by atoms with Crippen molar-refractivity contribution in [1.29, 1.82) is 0 Å². The van der Waals surface area contributed by atoms with Gasteiger partial charge >= 0.3 is 0 Å². The second-order valence-electron chi connectivity index (χ2n) is 5.13. The predicted molar refractivity (Wildman–Crippen MR) is 98.4 cm³/mol. The zero-order chi connectivity index (χ0) is 17.0. The number of sulfonamides is 1. The number of hydrogen-bond donors (Lipinski definition) is 2. The number of halogens is 1.